The number of methoxy groups -OCH3 is 1. The molecule has 20 heavy (non-hydrogen) atoms. The van der Waals surface area contributed by atoms with Crippen molar-refractivity contribution in [3.05, 3.63) is 23.8 Å². The fourth-order valence-corrected chi connectivity index (χ4v) is 2.86. The van der Waals surface area contributed by atoms with Crippen molar-refractivity contribution in [3.63, 3.8) is 0 Å². The van der Waals surface area contributed by atoms with E-state index in [-0.39, 0.29) is 17.5 Å². The molecule has 1 aromatic carbocycles. The average molecular weight is 300 g/mol. The molecule has 0 spiro atoms. The maximum Gasteiger partial charge on any atom is 0.248 e. The normalized spacial score (nSPS) is 12.8. The molecular formula is C13H20N2O4S. The molecule has 0 heterocycles. The Balaban J connectivity index is 2.95. The summed E-state index contributed by atoms with van der Waals surface area (Å²) in [6.07, 6.45) is 0. The molecule has 0 fully saturated rings. The third-order valence-electron chi connectivity index (χ3n) is 2.83. The summed E-state index contributed by atoms with van der Waals surface area (Å²) < 4.78 is 28.3. The summed E-state index contributed by atoms with van der Waals surface area (Å²) in [4.78, 5) is 11.2. The van der Waals surface area contributed by atoms with Crippen LogP contribution in [0.25, 0.3) is 0 Å². The first-order chi connectivity index (χ1) is 9.29. The van der Waals surface area contributed by atoms with E-state index in [1.54, 1.807) is 32.0 Å². The Hall–Kier alpha value is -1.76. The third kappa shape index (κ3) is 4.41. The topological polar surface area (TPSA) is 98.5 Å². The molecule has 3 N–H and O–H groups in total. The van der Waals surface area contributed by atoms with E-state index in [0.29, 0.717) is 17.0 Å². The lowest BCUT2D eigenvalue weighted by atomic mass is 10.1. The van der Waals surface area contributed by atoms with Crippen LogP contribution < -0.4 is 15.8 Å². The van der Waals surface area contributed by atoms with E-state index in [9.17, 15) is 13.2 Å². The van der Waals surface area contributed by atoms with Gasteiger partial charge in [0.15, 0.2) is 9.84 Å². The maximum atomic E-state index is 11.6. The molecule has 7 heteroatoms. The summed E-state index contributed by atoms with van der Waals surface area (Å²) in [6.45, 7) is 3.36. The van der Waals surface area contributed by atoms with Gasteiger partial charge in [-0.15, -0.1) is 0 Å². The van der Waals surface area contributed by atoms with Gasteiger partial charge in [-0.2, -0.15) is 0 Å². The van der Waals surface area contributed by atoms with Crippen molar-refractivity contribution in [2.45, 2.75) is 19.9 Å². The Morgan fingerprint density at radius 3 is 2.60 bits per heavy atom. The monoisotopic (exact) mass is 300 g/mol. The Labute approximate surface area is 119 Å². The number of nitrogens with two attached hydrogens (primary N) is 1. The van der Waals surface area contributed by atoms with Gasteiger partial charge in [-0.1, -0.05) is 6.92 Å². The number of hydrogen-bond acceptors (Lipinski definition) is 5. The lowest BCUT2D eigenvalue weighted by Crippen LogP contribution is -2.27. The fourth-order valence-electron chi connectivity index (χ4n) is 1.78. The van der Waals surface area contributed by atoms with E-state index in [1.165, 1.54) is 7.11 Å². The lowest BCUT2D eigenvalue weighted by Gasteiger charge is -2.18. The minimum atomic E-state index is -3.08. The minimum Gasteiger partial charge on any atom is -0.495 e. The van der Waals surface area contributed by atoms with Gasteiger partial charge in [0.1, 0.15) is 5.75 Å². The zero-order valence-corrected chi connectivity index (χ0v) is 12.7. The highest BCUT2D eigenvalue weighted by atomic mass is 32.2. The number of ether oxygens (including phenoxy) is 1. The number of anilines is 1. The number of carbonyl (C=O) groups is 1. The second kappa shape index (κ2) is 6.60. The molecule has 0 aliphatic rings. The number of amides is 1. The number of sulfone groups is 1. The Morgan fingerprint density at radius 2 is 2.10 bits per heavy atom. The number of hydrogen-bond donors (Lipinski definition) is 2. The maximum absolute atomic E-state index is 11.6. The highest BCUT2D eigenvalue weighted by Gasteiger charge is 2.16. The third-order valence-corrected chi connectivity index (χ3v) is 4.72. The van der Waals surface area contributed by atoms with E-state index in [2.05, 4.69) is 5.32 Å². The summed E-state index contributed by atoms with van der Waals surface area (Å²) in [6, 6.07) is 4.41. The molecule has 0 aliphatic heterocycles. The van der Waals surface area contributed by atoms with Crippen molar-refractivity contribution in [3.8, 4) is 5.75 Å². The van der Waals surface area contributed by atoms with Crippen molar-refractivity contribution < 1.29 is 17.9 Å². The zero-order valence-electron chi connectivity index (χ0n) is 11.8. The average Bonchev–Trinajstić information content (AvgIpc) is 2.37. The predicted octanol–water partition coefficient (Wildman–Crippen LogP) is 1.03. The Morgan fingerprint density at radius 1 is 1.45 bits per heavy atom. The smallest absolute Gasteiger partial charge is 0.248 e. The van der Waals surface area contributed by atoms with Crippen LogP contribution in [-0.4, -0.2) is 39.0 Å². The summed E-state index contributed by atoms with van der Waals surface area (Å²) in [5, 5.41) is 3.04. The largest absolute Gasteiger partial charge is 0.495 e. The fraction of sp³-hybridized carbons (Fsp3) is 0.462. The van der Waals surface area contributed by atoms with E-state index in [4.69, 9.17) is 10.5 Å². The van der Waals surface area contributed by atoms with Gasteiger partial charge in [0.2, 0.25) is 5.91 Å². The first-order valence-electron chi connectivity index (χ1n) is 6.24. The molecule has 1 atom stereocenters. The van der Waals surface area contributed by atoms with Crippen molar-refractivity contribution in [1.82, 2.24) is 0 Å². The number of carbonyl (C=O) groups excluding carboxylic acids is 1. The molecular weight excluding hydrogens is 280 g/mol. The molecule has 1 unspecified atom stereocenters. The summed E-state index contributed by atoms with van der Waals surface area (Å²) in [5.41, 5.74) is 6.10. The van der Waals surface area contributed by atoms with Crippen molar-refractivity contribution in [2.75, 3.05) is 23.9 Å². The summed E-state index contributed by atoms with van der Waals surface area (Å²) >= 11 is 0. The molecule has 0 radical (unpaired) electrons. The molecule has 1 aromatic rings. The standard InChI is InChI=1S/C13H20N2O4S/c1-4-20(17,18)8-9(2)15-11-7-10(13(14)16)5-6-12(11)19-3/h5-7,9,15H,4,8H2,1-3H3,(H2,14,16). The van der Waals surface area contributed by atoms with Gasteiger partial charge in [-0.05, 0) is 25.1 Å². The lowest BCUT2D eigenvalue weighted by molar-refractivity contribution is 0.100. The highest BCUT2D eigenvalue weighted by molar-refractivity contribution is 7.91. The predicted molar refractivity (Wildman–Crippen MR) is 78.9 cm³/mol. The number of primary amides is 1. The van der Waals surface area contributed by atoms with Crippen LogP contribution in [0.2, 0.25) is 0 Å². The molecule has 6 nitrogen and oxygen atoms in total. The SMILES string of the molecule is CCS(=O)(=O)CC(C)Nc1cc(C(N)=O)ccc1OC. The van der Waals surface area contributed by atoms with Crippen LogP contribution in [0, 0.1) is 0 Å². The minimum absolute atomic E-state index is 0.00739. The van der Waals surface area contributed by atoms with Gasteiger partial charge in [0.05, 0.1) is 18.6 Å². The molecule has 0 aliphatic carbocycles. The van der Waals surface area contributed by atoms with Crippen LogP contribution in [0.5, 0.6) is 5.75 Å². The van der Waals surface area contributed by atoms with E-state index in [1.807, 2.05) is 0 Å². The second-order valence-corrected chi connectivity index (χ2v) is 6.92. The van der Waals surface area contributed by atoms with Crippen LogP contribution in [0.15, 0.2) is 18.2 Å². The van der Waals surface area contributed by atoms with E-state index >= 15 is 0 Å². The Kier molecular flexibility index (Phi) is 5.38. The van der Waals surface area contributed by atoms with Crippen molar-refractivity contribution in [2.24, 2.45) is 5.73 Å². The summed E-state index contributed by atoms with van der Waals surface area (Å²) in [7, 11) is -1.58. The first-order valence-corrected chi connectivity index (χ1v) is 8.06. The second-order valence-electron chi connectivity index (χ2n) is 4.52. The molecule has 0 saturated carbocycles. The highest BCUT2D eigenvalue weighted by Crippen LogP contribution is 2.26. The zero-order chi connectivity index (χ0) is 15.3. The Bertz CT molecular complexity index is 584. The molecule has 1 amide bonds. The first kappa shape index (κ1) is 16.3. The molecule has 0 aromatic heterocycles. The van der Waals surface area contributed by atoms with Gasteiger partial charge < -0.3 is 15.8 Å². The van der Waals surface area contributed by atoms with Gasteiger partial charge in [-0.25, -0.2) is 8.42 Å². The van der Waals surface area contributed by atoms with Crippen molar-refractivity contribution in [1.29, 1.82) is 0 Å². The number of nitrogens with one attached hydrogen (secondary N) is 1. The molecule has 0 bridgehead atoms. The van der Waals surface area contributed by atoms with Gasteiger partial charge >= 0.3 is 0 Å². The summed E-state index contributed by atoms with van der Waals surface area (Å²) in [5.74, 6) is 0.0746. The molecule has 1 rings (SSSR count). The van der Waals surface area contributed by atoms with Crippen LogP contribution in [-0.2, 0) is 9.84 Å². The molecule has 112 valence electrons. The van der Waals surface area contributed by atoms with Crippen LogP contribution in [0.3, 0.4) is 0 Å². The molecule has 0 saturated heterocycles. The van der Waals surface area contributed by atoms with Crippen LogP contribution in [0.4, 0.5) is 5.69 Å². The van der Waals surface area contributed by atoms with Gasteiger partial charge in [-0.3, -0.25) is 4.79 Å². The van der Waals surface area contributed by atoms with E-state index < -0.39 is 15.7 Å². The quantitative estimate of drug-likeness (QED) is 0.783. The number of benzene rings is 1. The van der Waals surface area contributed by atoms with Crippen molar-refractivity contribution >= 4 is 21.4 Å². The van der Waals surface area contributed by atoms with E-state index in [0.717, 1.165) is 0 Å². The van der Waals surface area contributed by atoms with Gasteiger partial charge in [0, 0.05) is 17.4 Å². The van der Waals surface area contributed by atoms with Crippen LogP contribution >= 0.6 is 0 Å². The number of rotatable bonds is 7. The van der Waals surface area contributed by atoms with Gasteiger partial charge in [0.25, 0.3) is 0 Å². The van der Waals surface area contributed by atoms with Crippen LogP contribution in [0.1, 0.15) is 24.2 Å².